The van der Waals surface area contributed by atoms with Gasteiger partial charge in [0.1, 0.15) is 0 Å². The van der Waals surface area contributed by atoms with Crippen molar-refractivity contribution in [1.82, 2.24) is 10.2 Å². The van der Waals surface area contributed by atoms with Crippen LogP contribution < -0.4 is 0 Å². The summed E-state index contributed by atoms with van der Waals surface area (Å²) in [6.07, 6.45) is 1.88. The first-order valence-corrected chi connectivity index (χ1v) is 7.50. The predicted molar refractivity (Wildman–Crippen MR) is 92.5 cm³/mol. The number of aromatic amines is 1. The van der Waals surface area contributed by atoms with Gasteiger partial charge in [-0.15, -0.1) is 0 Å². The lowest BCUT2D eigenvalue weighted by atomic mass is 9.91. The standard InChI is InChI=1S/C20H14N2/c1-12-11-21-22-20(12)17-10-8-15-6-5-13-3-2-4-14-7-9-16(17)19(15)18(13)14/h2-11H,1H3,(H,21,22). The molecule has 0 saturated carbocycles. The number of nitrogens with zero attached hydrogens (tertiary/aromatic N) is 1. The highest BCUT2D eigenvalue weighted by Crippen LogP contribution is 2.39. The molecule has 2 nitrogen and oxygen atoms in total. The van der Waals surface area contributed by atoms with Gasteiger partial charge in [0, 0.05) is 5.56 Å². The molecule has 0 spiro atoms. The Morgan fingerprint density at radius 3 is 2.18 bits per heavy atom. The van der Waals surface area contributed by atoms with Crippen LogP contribution in [0.5, 0.6) is 0 Å². The molecule has 1 heterocycles. The van der Waals surface area contributed by atoms with E-state index in [0.717, 1.165) is 5.69 Å². The molecule has 2 heteroatoms. The highest BCUT2D eigenvalue weighted by atomic mass is 15.1. The Labute approximate surface area is 127 Å². The van der Waals surface area contributed by atoms with E-state index in [0.29, 0.717) is 0 Å². The van der Waals surface area contributed by atoms with Gasteiger partial charge in [-0.25, -0.2) is 0 Å². The molecule has 0 amide bonds. The normalized spacial score (nSPS) is 11.9. The van der Waals surface area contributed by atoms with E-state index in [4.69, 9.17) is 0 Å². The minimum atomic E-state index is 1.11. The van der Waals surface area contributed by atoms with Crippen LogP contribution in [0.2, 0.25) is 0 Å². The Bertz CT molecular complexity index is 1120. The second-order valence-electron chi connectivity index (χ2n) is 5.90. The van der Waals surface area contributed by atoms with E-state index in [2.05, 4.69) is 71.7 Å². The molecule has 0 aliphatic heterocycles. The van der Waals surface area contributed by atoms with Crippen LogP contribution in [0.1, 0.15) is 5.56 Å². The summed E-state index contributed by atoms with van der Waals surface area (Å²) in [5, 5.41) is 15.2. The van der Waals surface area contributed by atoms with Crippen LogP contribution in [0.15, 0.2) is 60.8 Å². The van der Waals surface area contributed by atoms with Crippen molar-refractivity contribution >= 4 is 32.3 Å². The van der Waals surface area contributed by atoms with Crippen LogP contribution in [0.4, 0.5) is 0 Å². The summed E-state index contributed by atoms with van der Waals surface area (Å²) in [5.41, 5.74) is 3.51. The maximum absolute atomic E-state index is 4.18. The van der Waals surface area contributed by atoms with Crippen molar-refractivity contribution < 1.29 is 0 Å². The molecule has 0 aliphatic carbocycles. The Morgan fingerprint density at radius 2 is 1.45 bits per heavy atom. The molecule has 0 atom stereocenters. The number of aromatic nitrogens is 2. The van der Waals surface area contributed by atoms with E-state index in [1.807, 2.05) is 6.20 Å². The zero-order valence-electron chi connectivity index (χ0n) is 12.2. The van der Waals surface area contributed by atoms with Gasteiger partial charge >= 0.3 is 0 Å². The molecule has 5 rings (SSSR count). The third-order valence-corrected chi connectivity index (χ3v) is 4.63. The Kier molecular flexibility index (Phi) is 2.18. The third-order valence-electron chi connectivity index (χ3n) is 4.63. The number of benzene rings is 4. The summed E-state index contributed by atoms with van der Waals surface area (Å²) in [5.74, 6) is 0. The molecule has 0 unspecified atom stereocenters. The quantitative estimate of drug-likeness (QED) is 0.416. The van der Waals surface area contributed by atoms with Crippen LogP contribution in [-0.2, 0) is 0 Å². The van der Waals surface area contributed by atoms with Crippen molar-refractivity contribution in [1.29, 1.82) is 0 Å². The molecule has 0 saturated heterocycles. The van der Waals surface area contributed by atoms with Crippen molar-refractivity contribution in [2.45, 2.75) is 6.92 Å². The first kappa shape index (κ1) is 11.8. The first-order chi connectivity index (χ1) is 10.8. The van der Waals surface area contributed by atoms with Crippen LogP contribution in [0, 0.1) is 6.92 Å². The molecule has 5 aromatic rings. The fraction of sp³-hybridized carbons (Fsp3) is 0.0500. The summed E-state index contributed by atoms with van der Waals surface area (Å²) in [6.45, 7) is 2.09. The van der Waals surface area contributed by atoms with Crippen molar-refractivity contribution in [2.75, 3.05) is 0 Å². The lowest BCUT2D eigenvalue weighted by Gasteiger charge is -2.13. The van der Waals surface area contributed by atoms with Crippen LogP contribution >= 0.6 is 0 Å². The molecular formula is C20H14N2. The zero-order valence-corrected chi connectivity index (χ0v) is 12.2. The SMILES string of the molecule is Cc1cn[nH]c1-c1ccc2ccc3cccc4ccc1c2c34. The number of rotatable bonds is 1. The van der Waals surface area contributed by atoms with Gasteiger partial charge in [-0.05, 0) is 44.8 Å². The van der Waals surface area contributed by atoms with E-state index in [9.17, 15) is 0 Å². The lowest BCUT2D eigenvalue weighted by molar-refractivity contribution is 1.10. The average molecular weight is 282 g/mol. The molecule has 4 aromatic carbocycles. The summed E-state index contributed by atoms with van der Waals surface area (Å²) in [7, 11) is 0. The zero-order chi connectivity index (χ0) is 14.7. The maximum Gasteiger partial charge on any atom is 0.0685 e. The smallest absolute Gasteiger partial charge is 0.0685 e. The molecule has 0 aliphatic rings. The van der Waals surface area contributed by atoms with E-state index in [1.54, 1.807) is 0 Å². The monoisotopic (exact) mass is 282 g/mol. The maximum atomic E-state index is 4.18. The summed E-state index contributed by atoms with van der Waals surface area (Å²) >= 11 is 0. The van der Waals surface area contributed by atoms with Crippen LogP contribution in [-0.4, -0.2) is 10.2 Å². The second kappa shape index (κ2) is 4.08. The highest BCUT2D eigenvalue weighted by Gasteiger charge is 2.13. The Morgan fingerprint density at radius 1 is 0.773 bits per heavy atom. The van der Waals surface area contributed by atoms with Crippen molar-refractivity contribution in [3.05, 3.63) is 66.4 Å². The number of H-pyrrole nitrogens is 1. The van der Waals surface area contributed by atoms with Gasteiger partial charge in [0.25, 0.3) is 0 Å². The topological polar surface area (TPSA) is 28.7 Å². The summed E-state index contributed by atoms with van der Waals surface area (Å²) in [4.78, 5) is 0. The molecule has 22 heavy (non-hydrogen) atoms. The molecular weight excluding hydrogens is 268 g/mol. The number of hydrogen-bond donors (Lipinski definition) is 1. The Hall–Kier alpha value is -2.87. The second-order valence-corrected chi connectivity index (χ2v) is 5.90. The predicted octanol–water partition coefficient (Wildman–Crippen LogP) is 5.28. The van der Waals surface area contributed by atoms with Gasteiger partial charge in [-0.1, -0.05) is 54.6 Å². The summed E-state index contributed by atoms with van der Waals surface area (Å²) < 4.78 is 0. The molecule has 0 fully saturated rings. The Balaban J connectivity index is 2.04. The third kappa shape index (κ3) is 1.41. The number of nitrogens with one attached hydrogen (secondary N) is 1. The van der Waals surface area contributed by atoms with E-state index >= 15 is 0 Å². The highest BCUT2D eigenvalue weighted by molar-refractivity contribution is 6.25. The minimum Gasteiger partial charge on any atom is -0.278 e. The van der Waals surface area contributed by atoms with Gasteiger partial charge in [0.05, 0.1) is 11.9 Å². The van der Waals surface area contributed by atoms with Crippen molar-refractivity contribution in [3.63, 3.8) is 0 Å². The van der Waals surface area contributed by atoms with Crippen LogP contribution in [0.3, 0.4) is 0 Å². The molecule has 0 radical (unpaired) electrons. The molecule has 104 valence electrons. The van der Waals surface area contributed by atoms with Gasteiger partial charge in [-0.2, -0.15) is 5.10 Å². The van der Waals surface area contributed by atoms with Crippen molar-refractivity contribution in [3.8, 4) is 11.3 Å². The lowest BCUT2D eigenvalue weighted by Crippen LogP contribution is -1.88. The fourth-order valence-electron chi connectivity index (χ4n) is 3.57. The van der Waals surface area contributed by atoms with E-state index in [-0.39, 0.29) is 0 Å². The molecule has 1 N–H and O–H groups in total. The minimum absolute atomic E-state index is 1.11. The average Bonchev–Trinajstić information content (AvgIpc) is 2.98. The van der Waals surface area contributed by atoms with E-state index in [1.165, 1.54) is 43.4 Å². The fourth-order valence-corrected chi connectivity index (χ4v) is 3.57. The van der Waals surface area contributed by atoms with Crippen LogP contribution in [0.25, 0.3) is 43.6 Å². The number of hydrogen-bond acceptors (Lipinski definition) is 1. The molecule has 1 aromatic heterocycles. The van der Waals surface area contributed by atoms with Gasteiger partial charge in [-0.3, -0.25) is 5.10 Å². The largest absolute Gasteiger partial charge is 0.278 e. The molecule has 0 bridgehead atoms. The first-order valence-electron chi connectivity index (χ1n) is 7.50. The summed E-state index contributed by atoms with van der Waals surface area (Å²) in [6, 6.07) is 19.8. The van der Waals surface area contributed by atoms with Gasteiger partial charge < -0.3 is 0 Å². The van der Waals surface area contributed by atoms with Crippen molar-refractivity contribution in [2.24, 2.45) is 0 Å². The number of aryl methyl sites for hydroxylation is 1. The van der Waals surface area contributed by atoms with Gasteiger partial charge in [0.15, 0.2) is 0 Å². The van der Waals surface area contributed by atoms with Gasteiger partial charge in [0.2, 0.25) is 0 Å². The van der Waals surface area contributed by atoms with E-state index < -0.39 is 0 Å².